The van der Waals surface area contributed by atoms with Crippen LogP contribution in [0.25, 0.3) is 0 Å². The van der Waals surface area contributed by atoms with Gasteiger partial charge in [0.25, 0.3) is 0 Å². The van der Waals surface area contributed by atoms with Crippen molar-refractivity contribution >= 4 is 11.8 Å². The molecule has 114 valence electrons. The molecule has 20 heavy (non-hydrogen) atoms. The molecule has 5 nitrogen and oxygen atoms in total. The molecule has 2 rings (SSSR count). The summed E-state index contributed by atoms with van der Waals surface area (Å²) in [6.45, 7) is 5.44. The molecule has 1 aliphatic carbocycles. The summed E-state index contributed by atoms with van der Waals surface area (Å²) in [5, 5.41) is 13.0. The van der Waals surface area contributed by atoms with E-state index in [9.17, 15) is 14.7 Å². The van der Waals surface area contributed by atoms with E-state index in [1.54, 1.807) is 0 Å². The number of nitrogens with one attached hydrogen (secondary N) is 1. The van der Waals surface area contributed by atoms with E-state index < -0.39 is 5.60 Å². The Kier molecular flexibility index (Phi) is 4.68. The summed E-state index contributed by atoms with van der Waals surface area (Å²) >= 11 is 0. The van der Waals surface area contributed by atoms with Gasteiger partial charge in [0.05, 0.1) is 11.5 Å². The lowest BCUT2D eigenvalue weighted by Gasteiger charge is -2.26. The van der Waals surface area contributed by atoms with Crippen molar-refractivity contribution in [1.29, 1.82) is 0 Å². The van der Waals surface area contributed by atoms with E-state index in [0.717, 1.165) is 6.54 Å². The maximum absolute atomic E-state index is 12.1. The van der Waals surface area contributed by atoms with Crippen molar-refractivity contribution in [2.24, 2.45) is 11.8 Å². The Morgan fingerprint density at radius 3 is 2.60 bits per heavy atom. The lowest BCUT2D eigenvalue weighted by molar-refractivity contribution is -0.129. The number of hydrogen-bond donors (Lipinski definition) is 2. The van der Waals surface area contributed by atoms with Crippen LogP contribution in [0.4, 0.5) is 0 Å². The van der Waals surface area contributed by atoms with E-state index in [1.807, 2.05) is 18.7 Å². The average molecular weight is 282 g/mol. The Balaban J connectivity index is 1.79. The zero-order valence-electron chi connectivity index (χ0n) is 12.5. The fraction of sp³-hybridized carbons (Fsp3) is 0.867. The second kappa shape index (κ2) is 6.12. The molecule has 0 radical (unpaired) electrons. The van der Waals surface area contributed by atoms with Crippen LogP contribution in [0.2, 0.25) is 0 Å². The fourth-order valence-corrected chi connectivity index (χ4v) is 2.63. The maximum Gasteiger partial charge on any atom is 0.225 e. The summed E-state index contributed by atoms with van der Waals surface area (Å²) < 4.78 is 0. The first kappa shape index (κ1) is 15.3. The Morgan fingerprint density at radius 1 is 1.40 bits per heavy atom. The number of nitrogens with zero attached hydrogens (tertiary/aromatic N) is 1. The van der Waals surface area contributed by atoms with Gasteiger partial charge < -0.3 is 15.3 Å². The Hall–Kier alpha value is -1.10. The summed E-state index contributed by atoms with van der Waals surface area (Å²) in [5.41, 5.74) is -0.827. The van der Waals surface area contributed by atoms with Crippen LogP contribution >= 0.6 is 0 Å². The lowest BCUT2D eigenvalue weighted by Crippen LogP contribution is -2.44. The third-order valence-electron chi connectivity index (χ3n) is 4.67. The van der Waals surface area contributed by atoms with Crippen LogP contribution in [0.5, 0.6) is 0 Å². The number of aliphatic hydroxyl groups is 1. The maximum atomic E-state index is 12.1. The predicted molar refractivity (Wildman–Crippen MR) is 76.0 cm³/mol. The molecule has 1 aliphatic heterocycles. The molecule has 0 aromatic carbocycles. The standard InChI is InChI=1S/C15H26N2O3/c1-3-15(20,4-2)10-16-14(19)12-7-13(18)17(9-12)8-11-5-6-11/h11-12,20H,3-10H2,1-2H3,(H,16,19). The molecular weight excluding hydrogens is 256 g/mol. The third kappa shape index (κ3) is 3.72. The molecule has 0 bridgehead atoms. The molecular formula is C15H26N2O3. The van der Waals surface area contributed by atoms with Crippen molar-refractivity contribution in [1.82, 2.24) is 10.2 Å². The van der Waals surface area contributed by atoms with E-state index in [-0.39, 0.29) is 24.3 Å². The van der Waals surface area contributed by atoms with Gasteiger partial charge in [-0.15, -0.1) is 0 Å². The summed E-state index contributed by atoms with van der Waals surface area (Å²) in [6.07, 6.45) is 3.96. The molecule has 2 aliphatic rings. The van der Waals surface area contributed by atoms with E-state index >= 15 is 0 Å². The summed E-state index contributed by atoms with van der Waals surface area (Å²) in [5.74, 6) is 0.403. The zero-order chi connectivity index (χ0) is 14.8. The molecule has 1 unspecified atom stereocenters. The number of likely N-dealkylation sites (tertiary alicyclic amines) is 1. The first-order valence-electron chi connectivity index (χ1n) is 7.75. The van der Waals surface area contributed by atoms with Crippen molar-refractivity contribution < 1.29 is 14.7 Å². The molecule has 1 heterocycles. The zero-order valence-corrected chi connectivity index (χ0v) is 12.5. The molecule has 2 amide bonds. The van der Waals surface area contributed by atoms with Crippen LogP contribution in [0.3, 0.4) is 0 Å². The molecule has 1 saturated heterocycles. The summed E-state index contributed by atoms with van der Waals surface area (Å²) in [7, 11) is 0. The van der Waals surface area contributed by atoms with Gasteiger partial charge in [0, 0.05) is 26.1 Å². The van der Waals surface area contributed by atoms with Gasteiger partial charge in [-0.1, -0.05) is 13.8 Å². The second-order valence-corrected chi connectivity index (χ2v) is 6.29. The minimum Gasteiger partial charge on any atom is -0.388 e. The monoisotopic (exact) mass is 282 g/mol. The van der Waals surface area contributed by atoms with Crippen LogP contribution in [0.15, 0.2) is 0 Å². The lowest BCUT2D eigenvalue weighted by atomic mass is 9.97. The molecule has 2 fully saturated rings. The Bertz CT molecular complexity index is 375. The summed E-state index contributed by atoms with van der Waals surface area (Å²) in [4.78, 5) is 25.8. The van der Waals surface area contributed by atoms with Crippen LogP contribution < -0.4 is 5.32 Å². The fourth-order valence-electron chi connectivity index (χ4n) is 2.63. The van der Waals surface area contributed by atoms with Gasteiger partial charge in [-0.3, -0.25) is 9.59 Å². The number of carbonyl (C=O) groups is 2. The molecule has 0 aromatic rings. The SMILES string of the molecule is CCC(O)(CC)CNC(=O)C1CC(=O)N(CC2CC2)C1. The minimum atomic E-state index is -0.827. The van der Waals surface area contributed by atoms with Gasteiger partial charge in [-0.25, -0.2) is 0 Å². The normalized spacial score (nSPS) is 23.2. The Labute approximate surface area is 120 Å². The van der Waals surface area contributed by atoms with Gasteiger partial charge in [0.2, 0.25) is 11.8 Å². The third-order valence-corrected chi connectivity index (χ3v) is 4.67. The van der Waals surface area contributed by atoms with Crippen molar-refractivity contribution in [3.63, 3.8) is 0 Å². The van der Waals surface area contributed by atoms with Crippen LogP contribution in [0.1, 0.15) is 46.0 Å². The highest BCUT2D eigenvalue weighted by atomic mass is 16.3. The van der Waals surface area contributed by atoms with Gasteiger partial charge in [-0.2, -0.15) is 0 Å². The van der Waals surface area contributed by atoms with Crippen LogP contribution in [-0.4, -0.2) is 47.1 Å². The minimum absolute atomic E-state index is 0.0956. The molecule has 1 saturated carbocycles. The van der Waals surface area contributed by atoms with Gasteiger partial charge >= 0.3 is 0 Å². The first-order chi connectivity index (χ1) is 9.47. The number of rotatable bonds is 7. The number of carbonyl (C=O) groups excluding carboxylic acids is 2. The van der Waals surface area contributed by atoms with Crippen LogP contribution in [0, 0.1) is 11.8 Å². The van der Waals surface area contributed by atoms with E-state index in [2.05, 4.69) is 5.32 Å². The topological polar surface area (TPSA) is 69.6 Å². The molecule has 2 N–H and O–H groups in total. The predicted octanol–water partition coefficient (Wildman–Crippen LogP) is 0.912. The van der Waals surface area contributed by atoms with Gasteiger partial charge in [0.1, 0.15) is 0 Å². The smallest absolute Gasteiger partial charge is 0.225 e. The quantitative estimate of drug-likeness (QED) is 0.729. The highest BCUT2D eigenvalue weighted by molar-refractivity contribution is 5.89. The highest BCUT2D eigenvalue weighted by Crippen LogP contribution is 2.32. The second-order valence-electron chi connectivity index (χ2n) is 6.29. The van der Waals surface area contributed by atoms with E-state index in [0.29, 0.717) is 31.7 Å². The van der Waals surface area contributed by atoms with Gasteiger partial charge in [0.15, 0.2) is 0 Å². The average Bonchev–Trinajstić information content (AvgIpc) is 3.19. The Morgan fingerprint density at radius 2 is 2.05 bits per heavy atom. The highest BCUT2D eigenvalue weighted by Gasteiger charge is 2.37. The largest absolute Gasteiger partial charge is 0.388 e. The van der Waals surface area contributed by atoms with E-state index in [1.165, 1.54) is 12.8 Å². The van der Waals surface area contributed by atoms with Crippen molar-refractivity contribution in [3.05, 3.63) is 0 Å². The molecule has 0 aromatic heterocycles. The van der Waals surface area contributed by atoms with Crippen molar-refractivity contribution in [3.8, 4) is 0 Å². The number of hydrogen-bond acceptors (Lipinski definition) is 3. The molecule has 0 spiro atoms. The van der Waals surface area contributed by atoms with Gasteiger partial charge in [-0.05, 0) is 31.6 Å². The number of amides is 2. The van der Waals surface area contributed by atoms with E-state index in [4.69, 9.17) is 0 Å². The van der Waals surface area contributed by atoms with Crippen molar-refractivity contribution in [2.75, 3.05) is 19.6 Å². The summed E-state index contributed by atoms with van der Waals surface area (Å²) in [6, 6.07) is 0. The molecule has 5 heteroatoms. The molecule has 1 atom stereocenters. The van der Waals surface area contributed by atoms with Crippen LogP contribution in [-0.2, 0) is 9.59 Å². The van der Waals surface area contributed by atoms with Crippen molar-refractivity contribution in [2.45, 2.75) is 51.6 Å². The first-order valence-corrected chi connectivity index (χ1v) is 7.75.